The molecule has 0 aliphatic carbocycles. The molecule has 0 radical (unpaired) electrons. The van der Waals surface area contributed by atoms with E-state index in [1.165, 1.54) is 0 Å². The molecule has 0 unspecified atom stereocenters. The molecule has 2 amide bonds. The summed E-state index contributed by atoms with van der Waals surface area (Å²) in [5, 5.41) is 3.14. The molecule has 1 aliphatic rings. The Morgan fingerprint density at radius 1 is 1.29 bits per heavy atom. The van der Waals surface area contributed by atoms with Gasteiger partial charge in [-0.25, -0.2) is 0 Å². The standard InChI is InChI=1S/C15H20ClN3O2/c1-10(17)14(20)18-13-9-11(16)5-6-12(13)15(21)19-7-3-2-4-8-19/h5-6,9-10H,2-4,7-8,17H2,1H3,(H,18,20)/t10-/m0/s1. The summed E-state index contributed by atoms with van der Waals surface area (Å²) in [7, 11) is 0. The Labute approximate surface area is 129 Å². The van der Waals surface area contributed by atoms with Crippen molar-refractivity contribution in [2.75, 3.05) is 18.4 Å². The summed E-state index contributed by atoms with van der Waals surface area (Å²) in [5.41, 5.74) is 6.42. The van der Waals surface area contributed by atoms with Crippen molar-refractivity contribution in [1.29, 1.82) is 0 Å². The zero-order valence-corrected chi connectivity index (χ0v) is 12.8. The summed E-state index contributed by atoms with van der Waals surface area (Å²) in [5.74, 6) is -0.420. The molecule has 1 saturated heterocycles. The fourth-order valence-corrected chi connectivity index (χ4v) is 2.49. The summed E-state index contributed by atoms with van der Waals surface area (Å²) in [4.78, 5) is 26.2. The van der Waals surface area contributed by atoms with Crippen molar-refractivity contribution >= 4 is 29.1 Å². The Morgan fingerprint density at radius 2 is 1.95 bits per heavy atom. The van der Waals surface area contributed by atoms with Crippen molar-refractivity contribution < 1.29 is 9.59 Å². The van der Waals surface area contributed by atoms with E-state index in [0.29, 0.717) is 16.3 Å². The van der Waals surface area contributed by atoms with Crippen LogP contribution in [0.25, 0.3) is 0 Å². The van der Waals surface area contributed by atoms with Crippen LogP contribution in [0.15, 0.2) is 18.2 Å². The van der Waals surface area contributed by atoms with E-state index < -0.39 is 6.04 Å². The van der Waals surface area contributed by atoms with Gasteiger partial charge in [-0.1, -0.05) is 11.6 Å². The Hall–Kier alpha value is -1.59. The number of halogens is 1. The van der Waals surface area contributed by atoms with E-state index in [4.69, 9.17) is 17.3 Å². The van der Waals surface area contributed by atoms with Crippen LogP contribution < -0.4 is 11.1 Å². The second-order valence-electron chi connectivity index (χ2n) is 5.32. The van der Waals surface area contributed by atoms with E-state index in [2.05, 4.69) is 5.32 Å². The lowest BCUT2D eigenvalue weighted by Gasteiger charge is -2.27. The van der Waals surface area contributed by atoms with Gasteiger partial charge in [0.2, 0.25) is 5.91 Å². The smallest absolute Gasteiger partial charge is 0.255 e. The van der Waals surface area contributed by atoms with Crippen molar-refractivity contribution in [3.8, 4) is 0 Å². The molecule has 0 saturated carbocycles. The van der Waals surface area contributed by atoms with Crippen LogP contribution in [0.2, 0.25) is 5.02 Å². The number of hydrogen-bond acceptors (Lipinski definition) is 3. The fourth-order valence-electron chi connectivity index (χ4n) is 2.32. The molecule has 1 fully saturated rings. The van der Waals surface area contributed by atoms with Gasteiger partial charge in [0, 0.05) is 18.1 Å². The Bertz CT molecular complexity index is 540. The minimum absolute atomic E-state index is 0.0775. The van der Waals surface area contributed by atoms with Gasteiger partial charge in [-0.15, -0.1) is 0 Å². The third-order valence-corrected chi connectivity index (χ3v) is 3.76. The van der Waals surface area contributed by atoms with Gasteiger partial charge in [-0.2, -0.15) is 0 Å². The van der Waals surface area contributed by atoms with Crippen molar-refractivity contribution in [3.05, 3.63) is 28.8 Å². The molecule has 21 heavy (non-hydrogen) atoms. The maximum atomic E-state index is 12.6. The molecule has 1 aromatic rings. The fraction of sp³-hybridized carbons (Fsp3) is 0.467. The van der Waals surface area contributed by atoms with Crippen molar-refractivity contribution in [2.45, 2.75) is 32.2 Å². The molecule has 2 rings (SSSR count). The van der Waals surface area contributed by atoms with Gasteiger partial charge in [0.25, 0.3) is 5.91 Å². The SMILES string of the molecule is C[C@H](N)C(=O)Nc1cc(Cl)ccc1C(=O)N1CCCCC1. The quantitative estimate of drug-likeness (QED) is 0.899. The molecule has 1 aromatic carbocycles. The van der Waals surface area contributed by atoms with Crippen LogP contribution in [0.1, 0.15) is 36.5 Å². The van der Waals surface area contributed by atoms with Gasteiger partial charge in [-0.05, 0) is 44.4 Å². The molecule has 6 heteroatoms. The minimum Gasteiger partial charge on any atom is -0.339 e. The maximum absolute atomic E-state index is 12.6. The topological polar surface area (TPSA) is 75.4 Å². The van der Waals surface area contributed by atoms with Crippen LogP contribution >= 0.6 is 11.6 Å². The number of likely N-dealkylation sites (tertiary alicyclic amines) is 1. The molecular formula is C15H20ClN3O2. The molecule has 1 heterocycles. The molecule has 3 N–H and O–H groups in total. The lowest BCUT2D eigenvalue weighted by Crippen LogP contribution is -2.37. The molecular weight excluding hydrogens is 290 g/mol. The van der Waals surface area contributed by atoms with Crippen molar-refractivity contribution in [2.24, 2.45) is 5.73 Å². The summed E-state index contributed by atoms with van der Waals surface area (Å²) in [6.45, 7) is 3.09. The van der Waals surface area contributed by atoms with Gasteiger partial charge in [0.1, 0.15) is 0 Å². The third kappa shape index (κ3) is 3.95. The molecule has 1 aliphatic heterocycles. The number of amides is 2. The highest BCUT2D eigenvalue weighted by molar-refractivity contribution is 6.31. The average molecular weight is 310 g/mol. The van der Waals surface area contributed by atoms with Gasteiger partial charge in [-0.3, -0.25) is 9.59 Å². The maximum Gasteiger partial charge on any atom is 0.255 e. The van der Waals surface area contributed by atoms with E-state index in [1.807, 2.05) is 4.90 Å². The van der Waals surface area contributed by atoms with Crippen LogP contribution in [0, 0.1) is 0 Å². The summed E-state index contributed by atoms with van der Waals surface area (Å²) < 4.78 is 0. The van der Waals surface area contributed by atoms with E-state index >= 15 is 0 Å². The van der Waals surface area contributed by atoms with Gasteiger partial charge >= 0.3 is 0 Å². The molecule has 1 atom stereocenters. The normalized spacial score (nSPS) is 16.4. The van der Waals surface area contributed by atoms with E-state index in [1.54, 1.807) is 25.1 Å². The number of nitrogens with zero attached hydrogens (tertiary/aromatic N) is 1. The monoisotopic (exact) mass is 309 g/mol. The lowest BCUT2D eigenvalue weighted by molar-refractivity contribution is -0.117. The number of anilines is 1. The van der Waals surface area contributed by atoms with Crippen molar-refractivity contribution in [1.82, 2.24) is 4.90 Å². The zero-order chi connectivity index (χ0) is 15.4. The molecule has 0 spiro atoms. The first kappa shape index (κ1) is 15.8. The predicted octanol–water partition coefficient (Wildman–Crippen LogP) is 2.25. The number of benzene rings is 1. The highest BCUT2D eigenvalue weighted by Crippen LogP contribution is 2.24. The number of nitrogens with two attached hydrogens (primary N) is 1. The van der Waals surface area contributed by atoms with E-state index in [-0.39, 0.29) is 11.8 Å². The molecule has 0 aromatic heterocycles. The summed E-state index contributed by atoms with van der Waals surface area (Å²) in [6, 6.07) is 4.23. The highest BCUT2D eigenvalue weighted by atomic mass is 35.5. The number of carbonyl (C=O) groups excluding carboxylic acids is 2. The highest BCUT2D eigenvalue weighted by Gasteiger charge is 2.22. The third-order valence-electron chi connectivity index (χ3n) is 3.53. The Kier molecular flexibility index (Phi) is 5.20. The summed E-state index contributed by atoms with van der Waals surface area (Å²) >= 11 is 5.96. The molecule has 5 nitrogen and oxygen atoms in total. The minimum atomic E-state index is -0.651. The largest absolute Gasteiger partial charge is 0.339 e. The molecule has 0 bridgehead atoms. The van der Waals surface area contributed by atoms with Gasteiger partial charge < -0.3 is 16.0 Å². The van der Waals surface area contributed by atoms with Gasteiger partial charge in [0.15, 0.2) is 0 Å². The first-order valence-corrected chi connectivity index (χ1v) is 7.52. The number of carbonyl (C=O) groups is 2. The van der Waals surface area contributed by atoms with Crippen LogP contribution in [0.4, 0.5) is 5.69 Å². The van der Waals surface area contributed by atoms with E-state index in [0.717, 1.165) is 32.4 Å². The van der Waals surface area contributed by atoms with Crippen LogP contribution in [-0.2, 0) is 4.79 Å². The number of piperidine rings is 1. The molecule has 114 valence electrons. The predicted molar refractivity (Wildman–Crippen MR) is 83.5 cm³/mol. The Morgan fingerprint density at radius 3 is 2.57 bits per heavy atom. The zero-order valence-electron chi connectivity index (χ0n) is 12.1. The number of nitrogens with one attached hydrogen (secondary N) is 1. The second kappa shape index (κ2) is 6.91. The number of rotatable bonds is 3. The second-order valence-corrected chi connectivity index (χ2v) is 5.76. The number of hydrogen-bond donors (Lipinski definition) is 2. The van der Waals surface area contributed by atoms with Crippen LogP contribution in [0.5, 0.6) is 0 Å². The average Bonchev–Trinajstić information content (AvgIpc) is 2.47. The van der Waals surface area contributed by atoms with Crippen LogP contribution in [-0.4, -0.2) is 35.8 Å². The summed E-state index contributed by atoms with van der Waals surface area (Å²) in [6.07, 6.45) is 3.18. The Balaban J connectivity index is 2.25. The first-order valence-electron chi connectivity index (χ1n) is 7.14. The van der Waals surface area contributed by atoms with Crippen LogP contribution in [0.3, 0.4) is 0 Å². The van der Waals surface area contributed by atoms with Gasteiger partial charge in [0.05, 0.1) is 17.3 Å². The first-order chi connectivity index (χ1) is 9.99. The van der Waals surface area contributed by atoms with Crippen molar-refractivity contribution in [3.63, 3.8) is 0 Å². The van der Waals surface area contributed by atoms with E-state index in [9.17, 15) is 9.59 Å². The lowest BCUT2D eigenvalue weighted by atomic mass is 10.1.